The van der Waals surface area contributed by atoms with Gasteiger partial charge in [0.2, 0.25) is 5.91 Å². The maximum atomic E-state index is 14.3. The Balaban J connectivity index is 1.25. The SMILES string of the molecule is CC1CN(c2ccc(F)c3sc(C#N)cc23)CCN1CCC1OCCc2cc(C(N)=O)ccc21. The van der Waals surface area contributed by atoms with Gasteiger partial charge in [0, 0.05) is 48.9 Å². The Labute approximate surface area is 202 Å². The highest BCUT2D eigenvalue weighted by Gasteiger charge is 2.28. The van der Waals surface area contributed by atoms with Crippen LogP contribution in [0.2, 0.25) is 0 Å². The molecule has 3 heterocycles. The van der Waals surface area contributed by atoms with Crippen LogP contribution in [-0.4, -0.2) is 49.6 Å². The van der Waals surface area contributed by atoms with Crippen LogP contribution in [0.25, 0.3) is 10.1 Å². The van der Waals surface area contributed by atoms with Gasteiger partial charge in [-0.05, 0) is 61.2 Å². The number of amides is 1. The number of nitrogens with two attached hydrogens (primary N) is 1. The Morgan fingerprint density at radius 2 is 2.15 bits per heavy atom. The van der Waals surface area contributed by atoms with Crippen molar-refractivity contribution in [2.75, 3.05) is 37.7 Å². The number of piperazine rings is 1. The number of hydrogen-bond acceptors (Lipinski definition) is 6. The fourth-order valence-corrected chi connectivity index (χ4v) is 6.05. The van der Waals surface area contributed by atoms with Gasteiger partial charge in [-0.25, -0.2) is 4.39 Å². The molecule has 2 atom stereocenters. The van der Waals surface area contributed by atoms with Crippen LogP contribution < -0.4 is 10.6 Å². The van der Waals surface area contributed by atoms with Crippen LogP contribution in [0, 0.1) is 17.1 Å². The van der Waals surface area contributed by atoms with E-state index in [1.165, 1.54) is 17.4 Å². The number of benzene rings is 2. The number of ether oxygens (including phenoxy) is 1. The van der Waals surface area contributed by atoms with E-state index >= 15 is 0 Å². The van der Waals surface area contributed by atoms with Crippen molar-refractivity contribution in [3.8, 4) is 6.07 Å². The average molecular weight is 479 g/mol. The van der Waals surface area contributed by atoms with Crippen LogP contribution in [0.3, 0.4) is 0 Å². The summed E-state index contributed by atoms with van der Waals surface area (Å²) >= 11 is 1.21. The van der Waals surface area contributed by atoms with Crippen molar-refractivity contribution in [2.24, 2.45) is 5.73 Å². The fraction of sp³-hybridized carbons (Fsp3) is 0.385. The second-order valence-corrected chi connectivity index (χ2v) is 10.1. The predicted molar refractivity (Wildman–Crippen MR) is 132 cm³/mol. The molecule has 1 amide bonds. The molecule has 176 valence electrons. The van der Waals surface area contributed by atoms with Gasteiger partial charge in [0.15, 0.2) is 0 Å². The summed E-state index contributed by atoms with van der Waals surface area (Å²) in [6.45, 7) is 6.35. The number of fused-ring (bicyclic) bond motifs is 2. The first kappa shape index (κ1) is 22.8. The first-order valence-electron chi connectivity index (χ1n) is 11.6. The first-order valence-corrected chi connectivity index (χ1v) is 12.4. The standard InChI is InChI=1S/C26H27FN4O2S/c1-16-15-31(23-5-4-22(27)25-21(23)13-19(14-28)34-25)10-9-30(16)8-6-24-20-3-2-18(26(29)32)12-17(20)7-11-33-24/h2-5,12-13,16,24H,6-11,15H2,1H3,(H2,29,32). The quantitative estimate of drug-likeness (QED) is 0.594. The number of hydrogen-bond donors (Lipinski definition) is 1. The third-order valence-electron chi connectivity index (χ3n) is 6.97. The molecule has 0 bridgehead atoms. The van der Waals surface area contributed by atoms with Crippen molar-refractivity contribution in [3.05, 3.63) is 63.8 Å². The van der Waals surface area contributed by atoms with Crippen molar-refractivity contribution < 1.29 is 13.9 Å². The minimum Gasteiger partial charge on any atom is -0.373 e. The number of nitrogens with zero attached hydrogens (tertiary/aromatic N) is 3. The van der Waals surface area contributed by atoms with Gasteiger partial charge in [0.25, 0.3) is 0 Å². The molecular weight excluding hydrogens is 451 g/mol. The Hall–Kier alpha value is -2.99. The van der Waals surface area contributed by atoms with Gasteiger partial charge in [-0.2, -0.15) is 5.26 Å². The number of rotatable bonds is 5. The third-order valence-corrected chi connectivity index (χ3v) is 8.02. The summed E-state index contributed by atoms with van der Waals surface area (Å²) in [7, 11) is 0. The van der Waals surface area contributed by atoms with E-state index in [0.29, 0.717) is 27.8 Å². The second-order valence-electron chi connectivity index (χ2n) is 9.04. The maximum absolute atomic E-state index is 14.3. The molecule has 0 radical (unpaired) electrons. The first-order chi connectivity index (χ1) is 16.4. The highest BCUT2D eigenvalue weighted by Crippen LogP contribution is 2.36. The molecule has 2 N–H and O–H groups in total. The summed E-state index contributed by atoms with van der Waals surface area (Å²) in [5.41, 5.74) is 9.29. The lowest BCUT2D eigenvalue weighted by Crippen LogP contribution is -2.52. The molecule has 2 aromatic carbocycles. The largest absolute Gasteiger partial charge is 0.373 e. The van der Waals surface area contributed by atoms with Crippen molar-refractivity contribution in [1.29, 1.82) is 5.26 Å². The van der Waals surface area contributed by atoms with Crippen molar-refractivity contribution in [3.63, 3.8) is 0 Å². The smallest absolute Gasteiger partial charge is 0.248 e. The van der Waals surface area contributed by atoms with Gasteiger partial charge in [0.1, 0.15) is 16.8 Å². The lowest BCUT2D eigenvalue weighted by molar-refractivity contribution is 0.0255. The maximum Gasteiger partial charge on any atom is 0.248 e. The van der Waals surface area contributed by atoms with Gasteiger partial charge < -0.3 is 15.4 Å². The van der Waals surface area contributed by atoms with Crippen LogP contribution >= 0.6 is 11.3 Å². The molecule has 34 heavy (non-hydrogen) atoms. The molecule has 0 saturated carbocycles. The van der Waals surface area contributed by atoms with Crippen molar-refractivity contribution in [2.45, 2.75) is 31.9 Å². The third kappa shape index (κ3) is 4.27. The number of thiophene rings is 1. The molecule has 1 aromatic heterocycles. The normalized spacial score (nSPS) is 20.8. The van der Waals surface area contributed by atoms with E-state index in [1.807, 2.05) is 18.2 Å². The molecule has 0 spiro atoms. The Morgan fingerprint density at radius 1 is 1.29 bits per heavy atom. The summed E-state index contributed by atoms with van der Waals surface area (Å²) in [6.07, 6.45) is 1.69. The van der Waals surface area contributed by atoms with E-state index in [1.54, 1.807) is 12.1 Å². The van der Waals surface area contributed by atoms with Crippen LogP contribution in [0.5, 0.6) is 0 Å². The zero-order valence-electron chi connectivity index (χ0n) is 19.1. The van der Waals surface area contributed by atoms with E-state index in [-0.39, 0.29) is 11.9 Å². The molecule has 3 aromatic rings. The Bertz CT molecular complexity index is 1280. The van der Waals surface area contributed by atoms with Crippen molar-refractivity contribution >= 4 is 33.0 Å². The van der Waals surface area contributed by atoms with Gasteiger partial charge in [-0.15, -0.1) is 11.3 Å². The summed E-state index contributed by atoms with van der Waals surface area (Å²) in [5.74, 6) is -0.671. The van der Waals surface area contributed by atoms with Crippen LogP contribution in [0.15, 0.2) is 36.4 Å². The van der Waals surface area contributed by atoms with E-state index < -0.39 is 5.91 Å². The highest BCUT2D eigenvalue weighted by molar-refractivity contribution is 7.19. The van der Waals surface area contributed by atoms with Crippen molar-refractivity contribution in [1.82, 2.24) is 4.90 Å². The molecule has 0 aliphatic carbocycles. The number of carbonyl (C=O) groups is 1. The summed E-state index contributed by atoms with van der Waals surface area (Å²) in [4.78, 5) is 16.8. The molecule has 8 heteroatoms. The fourth-order valence-electron chi connectivity index (χ4n) is 5.17. The van der Waals surface area contributed by atoms with E-state index in [9.17, 15) is 14.4 Å². The summed E-state index contributed by atoms with van der Waals surface area (Å²) in [5, 5.41) is 10.1. The summed E-state index contributed by atoms with van der Waals surface area (Å²) < 4.78 is 20.9. The van der Waals surface area contributed by atoms with Gasteiger partial charge in [-0.3, -0.25) is 9.69 Å². The minimum atomic E-state index is -0.401. The van der Waals surface area contributed by atoms with E-state index in [4.69, 9.17) is 10.5 Å². The molecule has 2 aliphatic rings. The summed E-state index contributed by atoms with van der Waals surface area (Å²) in [6, 6.07) is 13.3. The lowest BCUT2D eigenvalue weighted by atomic mass is 9.93. The molecule has 1 fully saturated rings. The van der Waals surface area contributed by atoms with Gasteiger partial charge in [-0.1, -0.05) is 6.07 Å². The number of primary amides is 1. The lowest BCUT2D eigenvalue weighted by Gasteiger charge is -2.42. The topological polar surface area (TPSA) is 82.6 Å². The monoisotopic (exact) mass is 478 g/mol. The number of carbonyl (C=O) groups excluding carboxylic acids is 1. The molecule has 6 nitrogen and oxygen atoms in total. The molecule has 2 aliphatic heterocycles. The van der Waals surface area contributed by atoms with Gasteiger partial charge in [0.05, 0.1) is 17.4 Å². The van der Waals surface area contributed by atoms with E-state index in [2.05, 4.69) is 22.8 Å². The zero-order valence-corrected chi connectivity index (χ0v) is 19.9. The predicted octanol–water partition coefficient (Wildman–Crippen LogP) is 4.23. The number of halogens is 1. The number of anilines is 1. The Kier molecular flexibility index (Phi) is 6.26. The van der Waals surface area contributed by atoms with E-state index in [0.717, 1.165) is 61.2 Å². The number of nitriles is 1. The molecule has 2 unspecified atom stereocenters. The minimum absolute atomic E-state index is 0.0165. The van der Waals surface area contributed by atoms with Crippen LogP contribution in [-0.2, 0) is 11.2 Å². The Morgan fingerprint density at radius 3 is 2.91 bits per heavy atom. The van der Waals surface area contributed by atoms with Crippen LogP contribution in [0.4, 0.5) is 10.1 Å². The average Bonchev–Trinajstić information content (AvgIpc) is 3.28. The molecule has 5 rings (SSSR count). The highest BCUT2D eigenvalue weighted by atomic mass is 32.1. The van der Waals surface area contributed by atoms with Gasteiger partial charge >= 0.3 is 0 Å². The second kappa shape index (κ2) is 9.34. The zero-order chi connectivity index (χ0) is 23.8. The van der Waals surface area contributed by atoms with Crippen LogP contribution in [0.1, 0.15) is 45.8 Å². The molecular formula is C26H27FN4O2S. The molecule has 1 saturated heterocycles.